The molecule has 510 valence electrons. The Labute approximate surface area is 622 Å². The molecule has 0 spiro atoms. The first-order valence-corrected chi connectivity index (χ1v) is 36.4. The van der Waals surface area contributed by atoms with Gasteiger partial charge in [-0.3, -0.25) is 0 Å². The predicted molar refractivity (Wildman–Crippen MR) is 458 cm³/mol. The summed E-state index contributed by atoms with van der Waals surface area (Å²) < 4.78 is 0. The number of fused-ring (bicyclic) bond motifs is 5. The molecule has 0 N–H and O–H groups in total. The molecule has 0 unspecified atom stereocenters. The van der Waals surface area contributed by atoms with Crippen LogP contribution in [0.15, 0.2) is 419 Å². The van der Waals surface area contributed by atoms with Crippen molar-refractivity contribution in [1.29, 1.82) is 0 Å². The monoisotopic (exact) mass is 1350 g/mol. The van der Waals surface area contributed by atoms with Crippen LogP contribution in [0.5, 0.6) is 0 Å². The Kier molecular flexibility index (Phi) is 24.9. The van der Waals surface area contributed by atoms with Crippen molar-refractivity contribution in [3.05, 3.63) is 458 Å². The zero-order valence-electron chi connectivity index (χ0n) is 61.3. The lowest BCUT2D eigenvalue weighted by Crippen LogP contribution is -1.83. The molecule has 0 nitrogen and oxygen atoms in total. The molecule has 0 radical (unpaired) electrons. The number of benzene rings is 18. The number of aryl methyl sites for hydroxylation is 7. The zero-order valence-corrected chi connectivity index (χ0v) is 61.3. The maximum absolute atomic E-state index is 2.25. The summed E-state index contributed by atoms with van der Waals surface area (Å²) in [6.07, 6.45) is 0. The third-order valence-corrected chi connectivity index (χ3v) is 18.9. The van der Waals surface area contributed by atoms with Crippen LogP contribution in [-0.4, -0.2) is 0 Å². The number of hydrogen-bond acceptors (Lipinski definition) is 0. The first kappa shape index (κ1) is 72.1. The van der Waals surface area contributed by atoms with Crippen LogP contribution in [0.3, 0.4) is 0 Å². The van der Waals surface area contributed by atoms with Gasteiger partial charge in [-0.15, -0.1) is 0 Å². The van der Waals surface area contributed by atoms with Crippen LogP contribution in [0.2, 0.25) is 0 Å². The first-order valence-electron chi connectivity index (χ1n) is 36.4. The van der Waals surface area contributed by atoms with Crippen LogP contribution in [-0.2, 0) is 0 Å². The van der Waals surface area contributed by atoms with Crippen LogP contribution in [0.25, 0.3) is 121 Å². The minimum absolute atomic E-state index is 1.26. The highest BCUT2D eigenvalue weighted by molar-refractivity contribution is 5.99. The van der Waals surface area contributed by atoms with Crippen LogP contribution in [0.4, 0.5) is 0 Å². The van der Waals surface area contributed by atoms with Gasteiger partial charge in [0.25, 0.3) is 0 Å². The van der Waals surface area contributed by atoms with Crippen LogP contribution < -0.4 is 0 Å². The van der Waals surface area contributed by atoms with Crippen molar-refractivity contribution in [2.24, 2.45) is 0 Å². The molecule has 0 heterocycles. The number of hydrogen-bond donors (Lipinski definition) is 0. The van der Waals surface area contributed by atoms with Crippen molar-refractivity contribution in [3.8, 4) is 66.8 Å². The quantitative estimate of drug-likeness (QED) is 0.156. The van der Waals surface area contributed by atoms with Gasteiger partial charge in [0.15, 0.2) is 0 Å². The Morgan fingerprint density at radius 2 is 0.448 bits per heavy atom. The fourth-order valence-corrected chi connectivity index (χ4v) is 13.3. The summed E-state index contributed by atoms with van der Waals surface area (Å²) in [5.41, 5.74) is 24.7. The van der Waals surface area contributed by atoms with Crippen LogP contribution in [0, 0.1) is 48.5 Å². The summed E-state index contributed by atoms with van der Waals surface area (Å²) in [6, 6.07) is 148. The maximum atomic E-state index is 2.25. The molecule has 0 amide bonds. The van der Waals surface area contributed by atoms with Gasteiger partial charge >= 0.3 is 0 Å². The molecule has 0 saturated heterocycles. The van der Waals surface area contributed by atoms with E-state index in [0.29, 0.717) is 0 Å². The summed E-state index contributed by atoms with van der Waals surface area (Å²) >= 11 is 0. The molecule has 18 aromatic rings. The SMILES string of the molecule is Cc1ccc(-c2cccc3ccccc23)cc1.Cc1ccc(-c2ccccc2)c2ccccc12.Cc1ccc2ccccc2c1.Cc1cccc(-c2ccc3ccccc3c2)c1.Cc1cccc(-c2cccc(-c3ccccc3)c2)c1.Cc1cccc2ccccc12.Cc1ccccc1-c1ccccc1. The predicted octanol–water partition coefficient (Wildman–Crippen LogP) is 29.7. The standard InChI is InChI=1S/C19H16.3C17H14.C13H12.2C11H10/c1-15-7-5-10-17(13-15)19-12-6-11-18(14-19)16-8-3-2-4-9-16;1-13-5-4-8-15(11-13)17-10-9-14-6-2-3-7-16(14)12-17;1-13-9-11-15(12-10-13)17-8-4-6-14-5-2-3-7-16(14)17;1-13-11-12-16(14-7-3-2-4-8-14)17-10-6-5-9-15(13)17;1-11-7-5-6-10-13(11)12-8-3-2-4-9-12;1-9-5-4-7-10-6-2-3-8-11(9)10;1-9-6-7-10-4-2-3-5-11(10)8-9/h2-14H,1H3;3*2-12H,1H3;2-10H,1H3;2*2-8H,1H3. The summed E-state index contributed by atoms with van der Waals surface area (Å²) in [4.78, 5) is 0. The van der Waals surface area contributed by atoms with E-state index in [4.69, 9.17) is 0 Å². The highest BCUT2D eigenvalue weighted by atomic mass is 14.1. The summed E-state index contributed by atoms with van der Waals surface area (Å²) in [5, 5.41) is 13.2. The lowest BCUT2D eigenvalue weighted by atomic mass is 9.96. The molecule has 18 rings (SSSR count). The molecule has 0 saturated carbocycles. The van der Waals surface area contributed by atoms with Gasteiger partial charge in [-0.1, -0.05) is 429 Å². The van der Waals surface area contributed by atoms with Crippen molar-refractivity contribution in [2.75, 3.05) is 0 Å². The van der Waals surface area contributed by atoms with Gasteiger partial charge in [-0.2, -0.15) is 0 Å². The van der Waals surface area contributed by atoms with Crippen molar-refractivity contribution in [1.82, 2.24) is 0 Å². The molecule has 0 atom stereocenters. The molecule has 18 aromatic carbocycles. The van der Waals surface area contributed by atoms with Gasteiger partial charge in [0.2, 0.25) is 0 Å². The van der Waals surface area contributed by atoms with Crippen molar-refractivity contribution < 1.29 is 0 Å². The van der Waals surface area contributed by atoms with Crippen LogP contribution >= 0.6 is 0 Å². The molecule has 0 bridgehead atoms. The molecular weight excluding hydrogens is 1260 g/mol. The average Bonchev–Trinajstić information content (AvgIpc) is 0.804. The van der Waals surface area contributed by atoms with Crippen molar-refractivity contribution >= 4 is 53.9 Å². The van der Waals surface area contributed by atoms with E-state index in [1.54, 1.807) is 0 Å². The van der Waals surface area contributed by atoms with Gasteiger partial charge < -0.3 is 0 Å². The molecule has 0 aromatic heterocycles. The lowest BCUT2D eigenvalue weighted by molar-refractivity contribution is 1.46. The van der Waals surface area contributed by atoms with E-state index >= 15 is 0 Å². The Bertz CT molecular complexity index is 5770. The maximum Gasteiger partial charge on any atom is -0.0103 e. The Morgan fingerprint density at radius 3 is 1.03 bits per heavy atom. The molecular formula is C105H90. The van der Waals surface area contributed by atoms with E-state index in [2.05, 4.69) is 455 Å². The number of rotatable bonds is 6. The van der Waals surface area contributed by atoms with Gasteiger partial charge in [0, 0.05) is 0 Å². The molecule has 0 fully saturated rings. The van der Waals surface area contributed by atoms with E-state index < -0.39 is 0 Å². The van der Waals surface area contributed by atoms with Crippen LogP contribution in [0.1, 0.15) is 38.9 Å². The highest BCUT2D eigenvalue weighted by Crippen LogP contribution is 2.33. The fourth-order valence-electron chi connectivity index (χ4n) is 13.3. The van der Waals surface area contributed by atoms with Gasteiger partial charge in [-0.25, -0.2) is 0 Å². The van der Waals surface area contributed by atoms with Gasteiger partial charge in [-0.05, 0) is 198 Å². The third kappa shape index (κ3) is 19.7. The normalized spacial score (nSPS) is 10.4. The summed E-state index contributed by atoms with van der Waals surface area (Å²) in [5.74, 6) is 0. The second-order valence-corrected chi connectivity index (χ2v) is 26.8. The molecule has 0 aliphatic rings. The van der Waals surface area contributed by atoms with E-state index in [-0.39, 0.29) is 0 Å². The Hall–Kier alpha value is -12.7. The van der Waals surface area contributed by atoms with Crippen molar-refractivity contribution in [2.45, 2.75) is 48.5 Å². The molecule has 0 aliphatic carbocycles. The smallest absolute Gasteiger partial charge is 0.0103 e. The van der Waals surface area contributed by atoms with Crippen molar-refractivity contribution in [3.63, 3.8) is 0 Å². The zero-order chi connectivity index (χ0) is 72.5. The average molecular weight is 1350 g/mol. The topological polar surface area (TPSA) is 0 Å². The summed E-state index contributed by atoms with van der Waals surface area (Å²) in [6.45, 7) is 14.9. The summed E-state index contributed by atoms with van der Waals surface area (Å²) in [7, 11) is 0. The molecule has 105 heavy (non-hydrogen) atoms. The second kappa shape index (κ2) is 36.2. The van der Waals surface area contributed by atoms with E-state index in [1.165, 1.54) is 160 Å². The fraction of sp³-hybridized carbons (Fsp3) is 0.0667. The van der Waals surface area contributed by atoms with E-state index in [0.717, 1.165) is 0 Å². The molecule has 0 aliphatic heterocycles. The van der Waals surface area contributed by atoms with E-state index in [9.17, 15) is 0 Å². The largest absolute Gasteiger partial charge is 0.0622 e. The minimum Gasteiger partial charge on any atom is -0.0622 e. The Morgan fingerprint density at radius 1 is 0.124 bits per heavy atom. The second-order valence-electron chi connectivity index (χ2n) is 26.8. The minimum atomic E-state index is 1.26. The van der Waals surface area contributed by atoms with Gasteiger partial charge in [0.1, 0.15) is 0 Å². The first-order chi connectivity index (χ1) is 51.5. The highest BCUT2D eigenvalue weighted by Gasteiger charge is 2.08. The third-order valence-electron chi connectivity index (χ3n) is 18.9. The van der Waals surface area contributed by atoms with E-state index in [1.807, 2.05) is 12.1 Å². The molecule has 0 heteroatoms. The van der Waals surface area contributed by atoms with Gasteiger partial charge in [0.05, 0.1) is 0 Å². The Balaban J connectivity index is 0.000000116. The lowest BCUT2D eigenvalue weighted by Gasteiger charge is -2.09.